The molecule has 0 saturated carbocycles. The predicted molar refractivity (Wildman–Crippen MR) is 118 cm³/mol. The van der Waals surface area contributed by atoms with Gasteiger partial charge in [-0.1, -0.05) is 0 Å². The molecule has 8 nitrogen and oxygen atoms in total. The third kappa shape index (κ3) is 11.3. The molecule has 0 unspecified atom stereocenters. The van der Waals surface area contributed by atoms with E-state index in [9.17, 15) is 14.4 Å². The molecule has 0 fully saturated rings. The molecule has 174 valence electrons. The Balaban J connectivity index is 2.35. The van der Waals surface area contributed by atoms with Crippen LogP contribution in [0, 0.1) is 0 Å². The number of carboxylic acids is 1. The number of carbonyl (C=O) groups is 3. The number of unbranched alkanes of at least 4 members (excludes halogenated alkanes) is 2. The van der Waals surface area contributed by atoms with Gasteiger partial charge in [-0.3, -0.25) is 9.59 Å². The fourth-order valence-corrected chi connectivity index (χ4v) is 2.74. The molecule has 1 aromatic carbocycles. The lowest BCUT2D eigenvalue weighted by atomic mass is 10.2. The van der Waals surface area contributed by atoms with Crippen molar-refractivity contribution in [2.45, 2.75) is 58.5 Å². The zero-order chi connectivity index (χ0) is 23.4. The lowest BCUT2D eigenvalue weighted by Gasteiger charge is -2.25. The van der Waals surface area contributed by atoms with Crippen molar-refractivity contribution in [2.24, 2.45) is 0 Å². The molecule has 0 spiro atoms. The third-order valence-corrected chi connectivity index (χ3v) is 4.44. The zero-order valence-corrected chi connectivity index (χ0v) is 19.3. The number of ether oxygens (including phenoxy) is 2. The first-order chi connectivity index (χ1) is 14.5. The van der Waals surface area contributed by atoms with Gasteiger partial charge in [0.1, 0.15) is 11.4 Å². The van der Waals surface area contributed by atoms with E-state index in [1.165, 1.54) is 4.90 Å². The minimum absolute atomic E-state index is 0.0971. The monoisotopic (exact) mass is 436 g/mol. The maximum Gasteiger partial charge on any atom is 0.410 e. The van der Waals surface area contributed by atoms with Crippen LogP contribution >= 0.6 is 0 Å². The second-order valence-corrected chi connectivity index (χ2v) is 8.56. The maximum atomic E-state index is 12.6. The maximum absolute atomic E-state index is 12.6. The Morgan fingerprint density at radius 1 is 0.903 bits per heavy atom. The minimum atomic E-state index is -0.777. The van der Waals surface area contributed by atoms with Gasteiger partial charge in [0.2, 0.25) is 0 Å². The smallest absolute Gasteiger partial charge is 0.410 e. The van der Waals surface area contributed by atoms with Crippen molar-refractivity contribution in [3.05, 3.63) is 29.8 Å². The highest BCUT2D eigenvalue weighted by Gasteiger charge is 2.19. The van der Waals surface area contributed by atoms with E-state index in [-0.39, 0.29) is 18.4 Å². The lowest BCUT2D eigenvalue weighted by Crippen LogP contribution is -2.36. The molecular formula is C23H36N2O6. The van der Waals surface area contributed by atoms with E-state index < -0.39 is 11.6 Å². The predicted octanol–water partition coefficient (Wildman–Crippen LogP) is 4.04. The molecule has 0 heterocycles. The Bertz CT molecular complexity index is 712. The molecular weight excluding hydrogens is 400 g/mol. The molecule has 1 N–H and O–H groups in total. The van der Waals surface area contributed by atoms with Gasteiger partial charge < -0.3 is 24.4 Å². The Labute approximate surface area is 185 Å². The van der Waals surface area contributed by atoms with E-state index in [0.717, 1.165) is 12.8 Å². The van der Waals surface area contributed by atoms with E-state index in [4.69, 9.17) is 14.6 Å². The van der Waals surface area contributed by atoms with E-state index in [0.29, 0.717) is 43.9 Å². The molecule has 0 aliphatic carbocycles. The van der Waals surface area contributed by atoms with E-state index >= 15 is 0 Å². The second kappa shape index (κ2) is 12.8. The molecule has 0 saturated heterocycles. The van der Waals surface area contributed by atoms with Crippen molar-refractivity contribution >= 4 is 18.0 Å². The van der Waals surface area contributed by atoms with Gasteiger partial charge in [-0.15, -0.1) is 0 Å². The molecule has 0 atom stereocenters. The van der Waals surface area contributed by atoms with Crippen LogP contribution in [0.2, 0.25) is 0 Å². The molecule has 8 heteroatoms. The average Bonchev–Trinajstić information content (AvgIpc) is 2.68. The summed E-state index contributed by atoms with van der Waals surface area (Å²) in [5.74, 6) is -0.197. The fraction of sp³-hybridized carbons (Fsp3) is 0.609. The quantitative estimate of drug-likeness (QED) is 0.497. The van der Waals surface area contributed by atoms with E-state index in [1.807, 2.05) is 20.8 Å². The van der Waals surface area contributed by atoms with E-state index in [2.05, 4.69) is 0 Å². The molecule has 0 aliphatic heterocycles. The van der Waals surface area contributed by atoms with Crippen LogP contribution in [0.15, 0.2) is 24.3 Å². The number of amides is 2. The van der Waals surface area contributed by atoms with Crippen molar-refractivity contribution < 1.29 is 29.0 Å². The summed E-state index contributed by atoms with van der Waals surface area (Å²) in [4.78, 5) is 38.1. The van der Waals surface area contributed by atoms with Crippen LogP contribution in [-0.4, -0.2) is 72.3 Å². The van der Waals surface area contributed by atoms with E-state index in [1.54, 1.807) is 43.3 Å². The Morgan fingerprint density at radius 3 is 2.10 bits per heavy atom. The molecule has 1 rings (SSSR count). The summed E-state index contributed by atoms with van der Waals surface area (Å²) < 4.78 is 10.9. The number of rotatable bonds is 12. The summed E-state index contributed by atoms with van der Waals surface area (Å²) in [6, 6.07) is 6.97. The number of benzene rings is 1. The summed E-state index contributed by atoms with van der Waals surface area (Å²) in [7, 11) is 3.41. The topological polar surface area (TPSA) is 96.4 Å². The van der Waals surface area contributed by atoms with Gasteiger partial charge in [0.15, 0.2) is 0 Å². The highest BCUT2D eigenvalue weighted by molar-refractivity contribution is 5.94. The highest BCUT2D eigenvalue weighted by atomic mass is 16.6. The van der Waals surface area contributed by atoms with Crippen molar-refractivity contribution in [3.63, 3.8) is 0 Å². The Hall–Kier alpha value is -2.77. The molecule has 0 bridgehead atoms. The minimum Gasteiger partial charge on any atom is -0.494 e. The SMILES string of the molecule is CN(CCCN(C)C(=O)c1ccc(OCCCCCC(=O)O)cc1)C(=O)OC(C)(C)C. The second-order valence-electron chi connectivity index (χ2n) is 8.56. The number of carboxylic acid groups (broad SMARTS) is 1. The number of hydrogen-bond acceptors (Lipinski definition) is 5. The largest absolute Gasteiger partial charge is 0.494 e. The normalized spacial score (nSPS) is 11.0. The van der Waals surface area contributed by atoms with Crippen molar-refractivity contribution in [1.29, 1.82) is 0 Å². The van der Waals surface area contributed by atoms with Crippen molar-refractivity contribution in [1.82, 2.24) is 9.80 Å². The summed E-state index contributed by atoms with van der Waals surface area (Å²) in [5.41, 5.74) is 0.0331. The van der Waals surface area contributed by atoms with Crippen LogP contribution in [0.25, 0.3) is 0 Å². The van der Waals surface area contributed by atoms with Gasteiger partial charge in [-0.2, -0.15) is 0 Å². The summed E-state index contributed by atoms with van der Waals surface area (Å²) in [6.45, 7) is 6.99. The van der Waals surface area contributed by atoms with Crippen LogP contribution in [0.3, 0.4) is 0 Å². The first-order valence-electron chi connectivity index (χ1n) is 10.6. The van der Waals surface area contributed by atoms with Gasteiger partial charge in [0.05, 0.1) is 6.61 Å². The van der Waals surface area contributed by atoms with Gasteiger partial charge >= 0.3 is 12.1 Å². The van der Waals surface area contributed by atoms with Gasteiger partial charge in [-0.05, 0) is 70.7 Å². The van der Waals surface area contributed by atoms with Crippen LogP contribution < -0.4 is 4.74 Å². The number of aliphatic carboxylic acids is 1. The molecule has 1 aromatic rings. The lowest BCUT2D eigenvalue weighted by molar-refractivity contribution is -0.137. The van der Waals surface area contributed by atoms with Crippen LogP contribution in [0.4, 0.5) is 4.79 Å². The first-order valence-corrected chi connectivity index (χ1v) is 10.6. The van der Waals surface area contributed by atoms with Gasteiger partial charge in [0, 0.05) is 39.2 Å². The van der Waals surface area contributed by atoms with Crippen LogP contribution in [0.1, 0.15) is 63.2 Å². The van der Waals surface area contributed by atoms with Gasteiger partial charge in [0.25, 0.3) is 5.91 Å². The molecule has 31 heavy (non-hydrogen) atoms. The highest BCUT2D eigenvalue weighted by Crippen LogP contribution is 2.15. The Morgan fingerprint density at radius 2 is 1.52 bits per heavy atom. The summed E-state index contributed by atoms with van der Waals surface area (Å²) in [5, 5.41) is 8.61. The Kier molecular flexibility index (Phi) is 10.9. The zero-order valence-electron chi connectivity index (χ0n) is 19.3. The third-order valence-electron chi connectivity index (χ3n) is 4.44. The summed E-state index contributed by atoms with van der Waals surface area (Å²) in [6.07, 6.45) is 2.68. The number of nitrogens with zero attached hydrogens (tertiary/aromatic N) is 2. The van der Waals surface area contributed by atoms with Crippen molar-refractivity contribution in [2.75, 3.05) is 33.8 Å². The van der Waals surface area contributed by atoms with Crippen molar-refractivity contribution in [3.8, 4) is 5.75 Å². The molecule has 2 amide bonds. The first kappa shape index (κ1) is 26.3. The fourth-order valence-electron chi connectivity index (χ4n) is 2.74. The number of hydrogen-bond donors (Lipinski definition) is 1. The van der Waals surface area contributed by atoms with Crippen LogP contribution in [-0.2, 0) is 9.53 Å². The van der Waals surface area contributed by atoms with Gasteiger partial charge in [-0.25, -0.2) is 4.79 Å². The average molecular weight is 437 g/mol. The molecule has 0 aromatic heterocycles. The molecule has 0 radical (unpaired) electrons. The standard InChI is InChI=1S/C23H36N2O6/c1-23(2,3)31-22(29)25(5)16-9-15-24(4)21(28)18-11-13-19(14-12-18)30-17-8-6-7-10-20(26)27/h11-14H,6-10,15-17H2,1-5H3,(H,26,27). The summed E-state index contributed by atoms with van der Waals surface area (Å²) >= 11 is 0. The number of carbonyl (C=O) groups excluding carboxylic acids is 2. The van der Waals surface area contributed by atoms with Crippen LogP contribution in [0.5, 0.6) is 5.75 Å². The molecule has 0 aliphatic rings.